The summed E-state index contributed by atoms with van der Waals surface area (Å²) in [5.41, 5.74) is 9.90. The Morgan fingerprint density at radius 3 is 2.05 bits per heavy atom. The summed E-state index contributed by atoms with van der Waals surface area (Å²) < 4.78 is 11.2. The van der Waals surface area contributed by atoms with Gasteiger partial charge < -0.3 is 8.98 Å². The van der Waals surface area contributed by atoms with Crippen molar-refractivity contribution in [2.45, 2.75) is 0 Å². The van der Waals surface area contributed by atoms with Gasteiger partial charge >= 0.3 is 0 Å². The number of hydrogen-bond donors (Lipinski definition) is 0. The molecule has 0 aliphatic carbocycles. The van der Waals surface area contributed by atoms with E-state index in [2.05, 4.69) is 150 Å². The van der Waals surface area contributed by atoms with Crippen LogP contribution in [0, 0.1) is 12.1 Å². The van der Waals surface area contributed by atoms with Crippen molar-refractivity contribution in [1.82, 2.24) is 19.5 Å². The van der Waals surface area contributed by atoms with Gasteiger partial charge in [0.25, 0.3) is 0 Å². The lowest BCUT2D eigenvalue weighted by Gasteiger charge is -2.14. The number of thiophene rings is 1. The van der Waals surface area contributed by atoms with Gasteiger partial charge in [0.05, 0.1) is 11.0 Å². The highest BCUT2D eigenvalue weighted by atomic mass is 32.1. The molecule has 0 saturated heterocycles. The van der Waals surface area contributed by atoms with Crippen LogP contribution >= 0.6 is 11.3 Å². The summed E-state index contributed by atoms with van der Waals surface area (Å²) in [6.45, 7) is 0. The second-order valence-corrected chi connectivity index (χ2v) is 17.7. The first-order valence-electron chi connectivity index (χ1n) is 21.7. The van der Waals surface area contributed by atoms with E-state index in [9.17, 15) is 0 Å². The van der Waals surface area contributed by atoms with Crippen molar-refractivity contribution >= 4 is 96.8 Å². The van der Waals surface area contributed by atoms with E-state index in [1.165, 1.54) is 47.1 Å². The quantitative estimate of drug-likeness (QED) is 0.173. The van der Waals surface area contributed by atoms with E-state index in [0.717, 1.165) is 71.9 Å². The normalized spacial score (nSPS) is 11.9. The number of furan rings is 1. The minimum Gasteiger partial charge on any atom is -0.456 e. The van der Waals surface area contributed by atoms with Gasteiger partial charge in [0.2, 0.25) is 0 Å². The van der Waals surface area contributed by atoms with E-state index < -0.39 is 0 Å². The zero-order chi connectivity index (χ0) is 42.6. The molecule has 0 spiro atoms. The SMILES string of the molecule is c1ccc2ccc3sc4cc(-c5cccc6c7cc8ccccc8cc7n(-c7cccc(-c8nc(-c9ccccc9)nc(-c9ccc%10c(c9)oc9ccccc9%10)n8)c7)c56)ccc4c3c2c#1. The van der Waals surface area contributed by atoms with Crippen LogP contribution in [0.5, 0.6) is 0 Å². The van der Waals surface area contributed by atoms with Gasteiger partial charge in [-0.2, -0.15) is 0 Å². The molecule has 0 radical (unpaired) electrons. The van der Waals surface area contributed by atoms with Crippen LogP contribution in [0.15, 0.2) is 199 Å². The fourth-order valence-electron chi connectivity index (χ4n) is 9.82. The molecule has 65 heavy (non-hydrogen) atoms. The Balaban J connectivity index is 0.980. The highest BCUT2D eigenvalue weighted by Crippen LogP contribution is 2.44. The monoisotopic (exact) mass is 844 g/mol. The standard InChI is InChI=1S/C59H32N4OS/c1-2-13-36(14-3-1)57-60-58(62-59(61-57)41-25-27-46-45-20-8-9-23-51(45)64-52(46)33-41)40-17-10-18-42(30-40)63-50-32-38-16-5-4-15-37(38)31-49(50)47-22-11-21-44(56(47)63)39-24-28-48-54(34-39)65-53-29-26-35-12-6-7-19-43(35)55(48)53/h1-6,8-18,20-34H. The summed E-state index contributed by atoms with van der Waals surface area (Å²) in [4.78, 5) is 15.4. The molecular formula is C59H32N4OS. The summed E-state index contributed by atoms with van der Waals surface area (Å²) in [6.07, 6.45) is 0. The van der Waals surface area contributed by atoms with Gasteiger partial charge in [0, 0.05) is 75.0 Å². The zero-order valence-corrected chi connectivity index (χ0v) is 35.4. The average Bonchev–Trinajstić information content (AvgIpc) is 4.05. The third kappa shape index (κ3) is 5.63. The second-order valence-electron chi connectivity index (χ2n) is 16.6. The Labute approximate surface area is 376 Å². The Kier molecular flexibility index (Phi) is 7.70. The summed E-state index contributed by atoms with van der Waals surface area (Å²) in [5, 5.41) is 11.7. The predicted octanol–water partition coefficient (Wildman–Crippen LogP) is 15.8. The molecule has 0 fully saturated rings. The van der Waals surface area contributed by atoms with Crippen LogP contribution in [0.2, 0.25) is 0 Å². The van der Waals surface area contributed by atoms with E-state index in [1.54, 1.807) is 0 Å². The number of benzene rings is 9. The lowest BCUT2D eigenvalue weighted by molar-refractivity contribution is 0.669. The van der Waals surface area contributed by atoms with Crippen LogP contribution < -0.4 is 0 Å². The highest BCUT2D eigenvalue weighted by molar-refractivity contribution is 7.26. The summed E-state index contributed by atoms with van der Waals surface area (Å²) >= 11 is 1.83. The summed E-state index contributed by atoms with van der Waals surface area (Å²) in [5.74, 6) is 1.77. The first kappa shape index (κ1) is 35.9. The van der Waals surface area contributed by atoms with Gasteiger partial charge in [-0.3, -0.25) is 0 Å². The number of aromatic nitrogens is 4. The Morgan fingerprint density at radius 2 is 1.15 bits per heavy atom. The van der Waals surface area contributed by atoms with Crippen LogP contribution in [0.25, 0.3) is 136 Å². The third-order valence-electron chi connectivity index (χ3n) is 12.8. The van der Waals surface area contributed by atoms with Crippen LogP contribution in [-0.2, 0) is 0 Å². The molecule has 4 aromatic heterocycles. The molecule has 4 heterocycles. The smallest absolute Gasteiger partial charge is 0.164 e. The van der Waals surface area contributed by atoms with E-state index in [-0.39, 0.29) is 0 Å². The van der Waals surface area contributed by atoms with Crippen molar-refractivity contribution in [3.8, 4) is 51.0 Å². The zero-order valence-electron chi connectivity index (χ0n) is 34.6. The Bertz CT molecular complexity index is 4260. The first-order chi connectivity index (χ1) is 32.2. The number of hydrogen-bond acceptors (Lipinski definition) is 5. The molecule has 0 N–H and O–H groups in total. The van der Waals surface area contributed by atoms with E-state index in [0.29, 0.717) is 17.5 Å². The van der Waals surface area contributed by atoms with Gasteiger partial charge in [-0.05, 0) is 88.5 Å². The Hall–Kier alpha value is -8.63. The van der Waals surface area contributed by atoms with E-state index in [1.807, 2.05) is 72.0 Å². The van der Waals surface area contributed by atoms with Gasteiger partial charge in [0.1, 0.15) is 11.2 Å². The molecule has 14 aromatic rings. The van der Waals surface area contributed by atoms with Gasteiger partial charge in [0.15, 0.2) is 17.5 Å². The maximum absolute atomic E-state index is 6.31. The van der Waals surface area contributed by atoms with Crippen molar-refractivity contribution in [2.75, 3.05) is 0 Å². The fourth-order valence-corrected chi connectivity index (χ4v) is 11.0. The predicted molar refractivity (Wildman–Crippen MR) is 269 cm³/mol. The van der Waals surface area contributed by atoms with Gasteiger partial charge in [-0.25, -0.2) is 15.0 Å². The largest absolute Gasteiger partial charge is 0.456 e. The molecule has 0 saturated carbocycles. The van der Waals surface area contributed by atoms with Crippen LogP contribution in [0.4, 0.5) is 0 Å². The van der Waals surface area contributed by atoms with E-state index in [4.69, 9.17) is 19.4 Å². The molecule has 0 amide bonds. The molecule has 5 nitrogen and oxygen atoms in total. The molecule has 0 unspecified atom stereocenters. The molecule has 0 aliphatic heterocycles. The minimum absolute atomic E-state index is 0.577. The average molecular weight is 845 g/mol. The summed E-state index contributed by atoms with van der Waals surface area (Å²) in [7, 11) is 0. The number of rotatable bonds is 5. The molecule has 300 valence electrons. The van der Waals surface area contributed by atoms with Crippen molar-refractivity contribution in [3.63, 3.8) is 0 Å². The second kappa shape index (κ2) is 13.9. The fraction of sp³-hybridized carbons (Fsp3) is 0. The van der Waals surface area contributed by atoms with Crippen molar-refractivity contribution in [1.29, 1.82) is 0 Å². The lowest BCUT2D eigenvalue weighted by atomic mass is 9.99. The molecule has 6 heteroatoms. The molecule has 14 rings (SSSR count). The maximum Gasteiger partial charge on any atom is 0.164 e. The number of para-hydroxylation sites is 2. The summed E-state index contributed by atoms with van der Waals surface area (Å²) in [6, 6.07) is 75.1. The molecule has 0 aliphatic rings. The molecule has 0 atom stereocenters. The van der Waals surface area contributed by atoms with Crippen LogP contribution in [-0.4, -0.2) is 19.5 Å². The maximum atomic E-state index is 6.31. The van der Waals surface area contributed by atoms with Crippen molar-refractivity contribution in [3.05, 3.63) is 206 Å². The molecular weight excluding hydrogens is 813 g/mol. The molecule has 10 aromatic carbocycles. The van der Waals surface area contributed by atoms with E-state index >= 15 is 0 Å². The Morgan fingerprint density at radius 1 is 0.446 bits per heavy atom. The molecule has 0 bridgehead atoms. The minimum atomic E-state index is 0.577. The number of fused-ring (bicyclic) bond motifs is 12. The van der Waals surface area contributed by atoms with Crippen molar-refractivity contribution < 1.29 is 4.42 Å². The van der Waals surface area contributed by atoms with Crippen molar-refractivity contribution in [2.24, 2.45) is 0 Å². The van der Waals surface area contributed by atoms with Crippen LogP contribution in [0.3, 0.4) is 0 Å². The van der Waals surface area contributed by atoms with Crippen LogP contribution in [0.1, 0.15) is 0 Å². The lowest BCUT2D eigenvalue weighted by Crippen LogP contribution is -2.01. The topological polar surface area (TPSA) is 56.7 Å². The number of nitrogens with zero attached hydrogens (tertiary/aromatic N) is 4. The van der Waals surface area contributed by atoms with Gasteiger partial charge in [-0.1, -0.05) is 140 Å². The first-order valence-corrected chi connectivity index (χ1v) is 22.5. The van der Waals surface area contributed by atoms with Gasteiger partial charge in [-0.15, -0.1) is 11.3 Å². The third-order valence-corrected chi connectivity index (χ3v) is 14.0. The highest BCUT2D eigenvalue weighted by Gasteiger charge is 2.21.